The maximum Gasteiger partial charge on any atom is 0.322 e. The van der Waals surface area contributed by atoms with E-state index in [1.807, 2.05) is 19.1 Å². The van der Waals surface area contributed by atoms with E-state index in [1.165, 1.54) is 38.2 Å². The molecule has 5 rings (SSSR count). The van der Waals surface area contributed by atoms with E-state index in [-0.39, 0.29) is 48.1 Å². The van der Waals surface area contributed by atoms with Crippen molar-refractivity contribution in [3.8, 4) is 0 Å². The van der Waals surface area contributed by atoms with Crippen LogP contribution in [0.5, 0.6) is 0 Å². The number of urea groups is 1. The van der Waals surface area contributed by atoms with Crippen LogP contribution in [0, 0.1) is 11.8 Å². The van der Waals surface area contributed by atoms with Gasteiger partial charge in [-0.15, -0.1) is 0 Å². The first-order chi connectivity index (χ1) is 23.6. The van der Waals surface area contributed by atoms with Gasteiger partial charge in [0.05, 0.1) is 12.1 Å². The molecule has 0 radical (unpaired) electrons. The van der Waals surface area contributed by atoms with Gasteiger partial charge in [-0.3, -0.25) is 14.3 Å². The number of nitrogens with one attached hydrogen (secondary N) is 3. The summed E-state index contributed by atoms with van der Waals surface area (Å²) >= 11 is 0. The van der Waals surface area contributed by atoms with Crippen molar-refractivity contribution in [2.24, 2.45) is 11.8 Å². The van der Waals surface area contributed by atoms with Crippen LogP contribution in [-0.2, 0) is 27.8 Å². The monoisotopic (exact) mass is 688 g/mol. The number of aliphatic carboxylic acids is 1. The quantitative estimate of drug-likeness (QED) is 0.147. The van der Waals surface area contributed by atoms with E-state index < -0.39 is 16.0 Å². The van der Waals surface area contributed by atoms with Crippen LogP contribution in [-0.4, -0.2) is 48.9 Å². The first-order valence-corrected chi connectivity index (χ1v) is 19.0. The van der Waals surface area contributed by atoms with Gasteiger partial charge in [0.2, 0.25) is 0 Å². The highest BCUT2D eigenvalue weighted by Gasteiger charge is 2.33. The summed E-state index contributed by atoms with van der Waals surface area (Å²) < 4.78 is 29.9. The average molecular weight is 689 g/mol. The Labute approximate surface area is 289 Å². The van der Waals surface area contributed by atoms with E-state index in [1.54, 1.807) is 59.5 Å². The van der Waals surface area contributed by atoms with E-state index >= 15 is 0 Å². The maximum absolute atomic E-state index is 14.2. The molecule has 262 valence electrons. The van der Waals surface area contributed by atoms with Gasteiger partial charge in [0.25, 0.3) is 15.9 Å². The minimum atomic E-state index is -4.02. The second-order valence-electron chi connectivity index (χ2n) is 13.3. The highest BCUT2D eigenvalue weighted by Crippen LogP contribution is 2.40. The summed E-state index contributed by atoms with van der Waals surface area (Å²) in [5, 5.41) is 14.4. The number of carboxylic acid groups (broad SMARTS) is 1. The summed E-state index contributed by atoms with van der Waals surface area (Å²) in [4.78, 5) is 39.3. The number of hydrogen-bond acceptors (Lipinski definition) is 5. The number of nitrogens with zero attached hydrogens (tertiary/aromatic N) is 1. The Morgan fingerprint density at radius 3 is 2.20 bits per heavy atom. The van der Waals surface area contributed by atoms with Gasteiger partial charge >= 0.3 is 12.0 Å². The smallest absolute Gasteiger partial charge is 0.322 e. The van der Waals surface area contributed by atoms with Crippen LogP contribution in [0.25, 0.3) is 0 Å². The van der Waals surface area contributed by atoms with E-state index in [2.05, 4.69) is 15.4 Å². The van der Waals surface area contributed by atoms with E-state index in [9.17, 15) is 22.8 Å². The molecule has 2 aliphatic carbocycles. The Kier molecular flexibility index (Phi) is 12.3. The maximum atomic E-state index is 14.2. The van der Waals surface area contributed by atoms with E-state index in [4.69, 9.17) is 5.11 Å². The molecule has 11 heteroatoms. The number of carbonyl (C=O) groups is 3. The van der Waals surface area contributed by atoms with Gasteiger partial charge in [-0.05, 0) is 91.5 Å². The van der Waals surface area contributed by atoms with Crippen molar-refractivity contribution in [1.82, 2.24) is 10.2 Å². The van der Waals surface area contributed by atoms with Gasteiger partial charge in [-0.1, -0.05) is 75.4 Å². The number of carbonyl (C=O) groups excluding carboxylic acids is 2. The summed E-state index contributed by atoms with van der Waals surface area (Å²) in [6.45, 7) is 2.32. The normalized spacial score (nSPS) is 18.3. The Bertz CT molecular complexity index is 1700. The third-order valence-corrected chi connectivity index (χ3v) is 11.4. The van der Waals surface area contributed by atoms with E-state index in [0.29, 0.717) is 17.2 Å². The predicted molar refractivity (Wildman–Crippen MR) is 191 cm³/mol. The molecule has 0 heterocycles. The van der Waals surface area contributed by atoms with Crippen LogP contribution >= 0.6 is 0 Å². The van der Waals surface area contributed by atoms with Gasteiger partial charge in [0.1, 0.15) is 4.90 Å². The second kappa shape index (κ2) is 16.8. The lowest BCUT2D eigenvalue weighted by molar-refractivity contribution is -0.136. The van der Waals surface area contributed by atoms with Crippen LogP contribution < -0.4 is 15.4 Å². The Morgan fingerprint density at radius 1 is 0.816 bits per heavy atom. The molecule has 0 aromatic heterocycles. The molecule has 3 amide bonds. The second-order valence-corrected chi connectivity index (χ2v) is 14.9. The van der Waals surface area contributed by atoms with Gasteiger partial charge in [-0.2, -0.15) is 0 Å². The standard InChI is InChI=1S/C38H48N4O6S/c1-2-27-9-8-12-32(25-27)41-49(47,48)35-14-7-6-13-34(35)40-38(46)42(33-21-19-30(20-22-33)29-10-4-3-5-11-29)26-28-15-17-31(18-16-28)37(45)39-24-23-36(43)44/h6-9,12-18,25,29-30,33,41H,2-5,10-11,19-24,26H2,1H3,(H,39,45)(H,40,46)(H,43,44). The summed E-state index contributed by atoms with van der Waals surface area (Å²) in [6.07, 6.45) is 11.0. The van der Waals surface area contributed by atoms with Crippen molar-refractivity contribution < 1.29 is 27.9 Å². The molecule has 0 atom stereocenters. The number of para-hydroxylation sites is 1. The Hall–Kier alpha value is -4.38. The molecule has 0 bridgehead atoms. The van der Waals surface area contributed by atoms with Gasteiger partial charge in [0, 0.05) is 30.4 Å². The number of aryl methyl sites for hydroxylation is 1. The molecule has 10 nitrogen and oxygen atoms in total. The molecule has 0 spiro atoms. The molecular weight excluding hydrogens is 641 g/mol. The van der Waals surface area contributed by atoms with E-state index in [0.717, 1.165) is 49.1 Å². The highest BCUT2D eigenvalue weighted by atomic mass is 32.2. The first kappa shape index (κ1) is 35.9. The molecule has 2 aliphatic rings. The lowest BCUT2D eigenvalue weighted by Crippen LogP contribution is -2.45. The summed E-state index contributed by atoms with van der Waals surface area (Å²) in [7, 11) is -4.02. The third kappa shape index (κ3) is 9.84. The molecule has 0 aliphatic heterocycles. The molecule has 0 unspecified atom stereocenters. The molecule has 2 saturated carbocycles. The predicted octanol–water partition coefficient (Wildman–Crippen LogP) is 7.43. The fraction of sp³-hybridized carbons (Fsp3) is 0.447. The largest absolute Gasteiger partial charge is 0.481 e. The molecule has 49 heavy (non-hydrogen) atoms. The van der Waals surface area contributed by atoms with Crippen LogP contribution in [0.15, 0.2) is 77.7 Å². The van der Waals surface area contributed by atoms with Gasteiger partial charge in [0.15, 0.2) is 0 Å². The van der Waals surface area contributed by atoms with Crippen LogP contribution in [0.2, 0.25) is 0 Å². The topological polar surface area (TPSA) is 145 Å². The fourth-order valence-electron chi connectivity index (χ4n) is 7.26. The fourth-order valence-corrected chi connectivity index (χ4v) is 8.47. The highest BCUT2D eigenvalue weighted by molar-refractivity contribution is 7.92. The first-order valence-electron chi connectivity index (χ1n) is 17.5. The minimum absolute atomic E-state index is 0.0236. The minimum Gasteiger partial charge on any atom is -0.481 e. The number of carboxylic acids is 1. The number of rotatable bonds is 13. The van der Waals surface area contributed by atoms with Crippen molar-refractivity contribution in [2.75, 3.05) is 16.6 Å². The zero-order valence-corrected chi connectivity index (χ0v) is 29.0. The molecule has 4 N–H and O–H groups in total. The van der Waals surface area contributed by atoms with Crippen LogP contribution in [0.4, 0.5) is 16.2 Å². The zero-order chi connectivity index (χ0) is 34.8. The van der Waals surface area contributed by atoms with Gasteiger partial charge < -0.3 is 20.6 Å². The summed E-state index contributed by atoms with van der Waals surface area (Å²) in [6, 6.07) is 20.2. The van der Waals surface area contributed by atoms with Gasteiger partial charge in [-0.25, -0.2) is 13.2 Å². The zero-order valence-electron chi connectivity index (χ0n) is 28.2. The van der Waals surface area contributed by atoms with Crippen molar-refractivity contribution in [3.63, 3.8) is 0 Å². The number of amides is 3. The Balaban J connectivity index is 1.34. The number of anilines is 2. The average Bonchev–Trinajstić information content (AvgIpc) is 3.11. The number of sulfonamides is 1. The molecule has 2 fully saturated rings. The van der Waals surface area contributed by atoms with Crippen LogP contribution in [0.3, 0.4) is 0 Å². The lowest BCUT2D eigenvalue weighted by atomic mass is 9.72. The van der Waals surface area contributed by atoms with Crippen molar-refractivity contribution in [2.45, 2.75) is 95.0 Å². The molecule has 3 aromatic rings. The molecule has 3 aromatic carbocycles. The summed E-state index contributed by atoms with van der Waals surface area (Å²) in [5.74, 6) is 0.0774. The van der Waals surface area contributed by atoms with Crippen molar-refractivity contribution in [3.05, 3.63) is 89.5 Å². The summed E-state index contributed by atoms with van der Waals surface area (Å²) in [5.41, 5.74) is 2.87. The lowest BCUT2D eigenvalue weighted by Gasteiger charge is -2.40. The van der Waals surface area contributed by atoms with Crippen LogP contribution in [0.1, 0.15) is 92.6 Å². The molecule has 0 saturated heterocycles. The Morgan fingerprint density at radius 2 is 1.51 bits per heavy atom. The third-order valence-electron chi connectivity index (χ3n) is 9.96. The number of hydrogen-bond donors (Lipinski definition) is 4. The molecular formula is C38H48N4O6S. The SMILES string of the molecule is CCc1cccc(NS(=O)(=O)c2ccccc2NC(=O)N(Cc2ccc(C(=O)NCCC(=O)O)cc2)C2CCC(C3CCCCC3)CC2)c1. The number of benzene rings is 3. The van der Waals surface area contributed by atoms with Crippen molar-refractivity contribution in [1.29, 1.82) is 0 Å². The van der Waals surface area contributed by atoms with Crippen molar-refractivity contribution >= 4 is 39.3 Å².